The summed E-state index contributed by atoms with van der Waals surface area (Å²) in [7, 11) is 1.61. The van der Waals surface area contributed by atoms with Crippen LogP contribution in [0, 0.1) is 0 Å². The van der Waals surface area contributed by atoms with E-state index in [1.54, 1.807) is 7.11 Å². The Morgan fingerprint density at radius 2 is 1.78 bits per heavy atom. The Morgan fingerprint density at radius 3 is 2.44 bits per heavy atom. The Hall–Kier alpha value is -3.75. The molecule has 2 aromatic heterocycles. The van der Waals surface area contributed by atoms with Gasteiger partial charge in [0.15, 0.2) is 5.69 Å². The number of nitrogen functional groups attached to an aromatic ring is 1. The van der Waals surface area contributed by atoms with Gasteiger partial charge in [-0.05, 0) is 49.2 Å². The largest absolute Gasteiger partial charge is 0.497 e. The highest BCUT2D eigenvalue weighted by Crippen LogP contribution is 2.26. The number of amides is 1. The molecular weight excluding hydrogens is 460 g/mol. The number of nitrogens with one attached hydrogen (secondary N) is 1. The number of rotatable bonds is 13. The summed E-state index contributed by atoms with van der Waals surface area (Å²) in [6, 6.07) is 11.2. The zero-order valence-electron chi connectivity index (χ0n) is 21.3. The topological polar surface area (TPSA) is 124 Å². The minimum atomic E-state index is -0.644. The molecule has 0 spiro atoms. The number of hydrogen-bond donors (Lipinski definition) is 2. The lowest BCUT2D eigenvalue weighted by molar-refractivity contribution is -0.118. The normalized spacial score (nSPS) is 11.0. The van der Waals surface area contributed by atoms with Gasteiger partial charge in [0, 0.05) is 31.5 Å². The van der Waals surface area contributed by atoms with Gasteiger partial charge in [-0.3, -0.25) is 19.1 Å². The highest BCUT2D eigenvalue weighted by atomic mass is 16.5. The van der Waals surface area contributed by atoms with Crippen molar-refractivity contribution in [3.05, 3.63) is 63.0 Å². The molecule has 2 heterocycles. The predicted octanol–water partition coefficient (Wildman–Crippen LogP) is 4.34. The van der Waals surface area contributed by atoms with Crippen molar-refractivity contribution in [1.82, 2.24) is 9.55 Å². The number of aryl methyl sites for hydroxylation is 1. The molecule has 0 bridgehead atoms. The second kappa shape index (κ2) is 12.8. The van der Waals surface area contributed by atoms with Gasteiger partial charge in [-0.15, -0.1) is 0 Å². The quantitative estimate of drug-likeness (QED) is 0.339. The van der Waals surface area contributed by atoms with Crippen LogP contribution in [0.25, 0.3) is 11.3 Å². The minimum Gasteiger partial charge on any atom is -0.497 e. The molecule has 1 aromatic carbocycles. The predicted molar refractivity (Wildman–Crippen MR) is 142 cm³/mol. The number of furan rings is 1. The molecule has 0 aliphatic heterocycles. The van der Waals surface area contributed by atoms with Crippen LogP contribution in [0.2, 0.25) is 0 Å². The fourth-order valence-corrected chi connectivity index (χ4v) is 4.05. The molecule has 194 valence electrons. The molecule has 0 radical (unpaired) electrons. The van der Waals surface area contributed by atoms with Crippen molar-refractivity contribution in [1.29, 1.82) is 0 Å². The number of H-pyrrole nitrogens is 1. The lowest BCUT2D eigenvalue weighted by Gasteiger charge is -2.24. The van der Waals surface area contributed by atoms with Crippen LogP contribution in [-0.2, 0) is 17.8 Å². The molecular formula is C27H36N4O5. The monoisotopic (exact) mass is 496 g/mol. The number of hydrogen-bond acceptors (Lipinski definition) is 6. The average molecular weight is 497 g/mol. The third kappa shape index (κ3) is 6.47. The van der Waals surface area contributed by atoms with Crippen molar-refractivity contribution < 1.29 is 13.9 Å². The number of unbranched alkanes of at least 4 members (excludes halogenated alkanes) is 3. The highest BCUT2D eigenvalue weighted by Gasteiger charge is 2.24. The Balaban J connectivity index is 1.80. The maximum absolute atomic E-state index is 13.3. The number of carbonyl (C=O) groups excluding carboxylic acids is 1. The summed E-state index contributed by atoms with van der Waals surface area (Å²) in [5.41, 5.74) is 6.04. The van der Waals surface area contributed by atoms with E-state index in [-0.39, 0.29) is 23.8 Å². The fraction of sp³-hybridized carbons (Fsp3) is 0.444. The Labute approximate surface area is 210 Å². The van der Waals surface area contributed by atoms with E-state index in [0.717, 1.165) is 43.4 Å². The van der Waals surface area contributed by atoms with Gasteiger partial charge in [-0.1, -0.05) is 33.1 Å². The lowest BCUT2D eigenvalue weighted by atomic mass is 10.1. The van der Waals surface area contributed by atoms with Crippen LogP contribution in [0.4, 0.5) is 11.5 Å². The van der Waals surface area contributed by atoms with Gasteiger partial charge in [0.25, 0.3) is 5.56 Å². The number of nitrogens with zero attached hydrogens (tertiary/aromatic N) is 2. The summed E-state index contributed by atoms with van der Waals surface area (Å²) in [4.78, 5) is 42.2. The number of benzene rings is 1. The van der Waals surface area contributed by atoms with Crippen molar-refractivity contribution in [3.63, 3.8) is 0 Å². The van der Waals surface area contributed by atoms with Crippen LogP contribution in [0.15, 0.2) is 50.4 Å². The van der Waals surface area contributed by atoms with Crippen LogP contribution < -0.4 is 26.6 Å². The Bertz CT molecular complexity index is 1260. The molecule has 9 heteroatoms. The molecule has 1 amide bonds. The van der Waals surface area contributed by atoms with E-state index < -0.39 is 11.2 Å². The van der Waals surface area contributed by atoms with Gasteiger partial charge >= 0.3 is 5.69 Å². The first kappa shape index (κ1) is 26.8. The van der Waals surface area contributed by atoms with Crippen LogP contribution in [0.3, 0.4) is 0 Å². The van der Waals surface area contributed by atoms with Crippen molar-refractivity contribution >= 4 is 17.4 Å². The van der Waals surface area contributed by atoms with E-state index >= 15 is 0 Å². The zero-order chi connectivity index (χ0) is 26.1. The van der Waals surface area contributed by atoms with Crippen molar-refractivity contribution in [3.8, 4) is 17.1 Å². The summed E-state index contributed by atoms with van der Waals surface area (Å²) < 4.78 is 12.5. The van der Waals surface area contributed by atoms with Crippen molar-refractivity contribution in [2.75, 3.05) is 24.3 Å². The fourth-order valence-electron chi connectivity index (χ4n) is 4.05. The minimum absolute atomic E-state index is 0.0295. The first-order valence-electron chi connectivity index (χ1n) is 12.6. The van der Waals surface area contributed by atoms with Crippen LogP contribution in [0.5, 0.6) is 5.75 Å². The van der Waals surface area contributed by atoms with Crippen molar-refractivity contribution in [2.24, 2.45) is 0 Å². The Kier molecular flexibility index (Phi) is 9.55. The van der Waals surface area contributed by atoms with Crippen LogP contribution in [-0.4, -0.2) is 29.1 Å². The molecule has 3 rings (SSSR count). The SMILES string of the molecule is CCCCCN(C(=O)CCc1ccc(-c2ccc(OC)cc2)o1)c1c(N)n(CCCC)c(=O)[nH]c1=O. The summed E-state index contributed by atoms with van der Waals surface area (Å²) in [5, 5.41) is 0. The second-order valence-corrected chi connectivity index (χ2v) is 8.75. The van der Waals surface area contributed by atoms with Gasteiger partial charge in [-0.2, -0.15) is 0 Å². The Morgan fingerprint density at radius 1 is 1.06 bits per heavy atom. The number of methoxy groups -OCH3 is 1. The van der Waals surface area contributed by atoms with Gasteiger partial charge in [0.1, 0.15) is 23.1 Å². The first-order chi connectivity index (χ1) is 17.4. The molecule has 0 saturated heterocycles. The van der Waals surface area contributed by atoms with E-state index in [9.17, 15) is 14.4 Å². The lowest BCUT2D eigenvalue weighted by Crippen LogP contribution is -2.41. The first-order valence-corrected chi connectivity index (χ1v) is 12.6. The van der Waals surface area contributed by atoms with E-state index in [1.165, 1.54) is 9.47 Å². The van der Waals surface area contributed by atoms with Crippen LogP contribution in [0.1, 0.15) is 58.1 Å². The van der Waals surface area contributed by atoms with E-state index in [1.807, 2.05) is 43.3 Å². The molecule has 0 aliphatic carbocycles. The molecule has 9 nitrogen and oxygen atoms in total. The average Bonchev–Trinajstić information content (AvgIpc) is 3.35. The third-order valence-corrected chi connectivity index (χ3v) is 6.13. The molecule has 0 atom stereocenters. The summed E-state index contributed by atoms with van der Waals surface area (Å²) in [6.07, 6.45) is 4.68. The summed E-state index contributed by atoms with van der Waals surface area (Å²) >= 11 is 0. The number of nitrogens with two attached hydrogens (primary N) is 1. The molecule has 0 aliphatic rings. The molecule has 0 fully saturated rings. The number of aromatic nitrogens is 2. The van der Waals surface area contributed by atoms with Crippen LogP contribution >= 0.6 is 0 Å². The highest BCUT2D eigenvalue weighted by molar-refractivity contribution is 5.95. The molecule has 0 unspecified atom stereocenters. The number of aromatic amines is 1. The molecule has 3 aromatic rings. The summed E-state index contributed by atoms with van der Waals surface area (Å²) in [5.74, 6) is 1.91. The maximum Gasteiger partial charge on any atom is 0.330 e. The van der Waals surface area contributed by atoms with Crippen molar-refractivity contribution in [2.45, 2.75) is 65.3 Å². The van der Waals surface area contributed by atoms with E-state index in [0.29, 0.717) is 31.0 Å². The smallest absolute Gasteiger partial charge is 0.330 e. The van der Waals surface area contributed by atoms with Gasteiger partial charge in [0.2, 0.25) is 5.91 Å². The second-order valence-electron chi connectivity index (χ2n) is 8.75. The van der Waals surface area contributed by atoms with Gasteiger partial charge in [0.05, 0.1) is 7.11 Å². The number of carbonyl (C=O) groups is 1. The molecule has 3 N–H and O–H groups in total. The van der Waals surface area contributed by atoms with Gasteiger partial charge in [-0.25, -0.2) is 4.79 Å². The summed E-state index contributed by atoms with van der Waals surface area (Å²) in [6.45, 7) is 4.79. The van der Waals surface area contributed by atoms with E-state index in [2.05, 4.69) is 11.9 Å². The molecule has 36 heavy (non-hydrogen) atoms. The van der Waals surface area contributed by atoms with Gasteiger partial charge < -0.3 is 19.8 Å². The molecule has 0 saturated carbocycles. The zero-order valence-corrected chi connectivity index (χ0v) is 21.3. The number of anilines is 2. The van der Waals surface area contributed by atoms with E-state index in [4.69, 9.17) is 14.9 Å². The third-order valence-electron chi connectivity index (χ3n) is 6.13. The standard InChI is InChI=1S/C27H36N4O5/c1-4-6-8-18-30(24-25(28)31(17-7-5-2)27(34)29-26(24)33)23(32)16-14-21-13-15-22(36-21)19-9-11-20(35-3)12-10-19/h9-13,15H,4-8,14,16-18,28H2,1-3H3,(H,29,33,34). The number of ether oxygens (including phenoxy) is 1. The maximum atomic E-state index is 13.3.